The Hall–Kier alpha value is -2.20. The van der Waals surface area contributed by atoms with Gasteiger partial charge in [-0.2, -0.15) is 0 Å². The van der Waals surface area contributed by atoms with E-state index in [2.05, 4.69) is 11.2 Å². The van der Waals surface area contributed by atoms with Gasteiger partial charge in [-0.3, -0.25) is 4.79 Å². The van der Waals surface area contributed by atoms with Crippen LogP contribution in [0.1, 0.15) is 13.3 Å². The van der Waals surface area contributed by atoms with Crippen LogP contribution in [-0.4, -0.2) is 27.2 Å². The van der Waals surface area contributed by atoms with E-state index in [0.29, 0.717) is 0 Å². The highest BCUT2D eigenvalue weighted by Gasteiger charge is 2.21. The minimum Gasteiger partial charge on any atom is -0.479 e. The average Bonchev–Trinajstić information content (AvgIpc) is 2.36. The summed E-state index contributed by atoms with van der Waals surface area (Å²) in [6, 6.07) is 2.89. The highest BCUT2D eigenvalue weighted by Crippen LogP contribution is 2.35. The Bertz CT molecular complexity index is 660. The first-order valence-electron chi connectivity index (χ1n) is 5.79. The fourth-order valence-corrected chi connectivity index (χ4v) is 2.58. The van der Waals surface area contributed by atoms with Crippen molar-refractivity contribution in [1.29, 1.82) is 0 Å². The number of hydrogen-bond acceptors (Lipinski definition) is 5. The van der Waals surface area contributed by atoms with Gasteiger partial charge in [-0.05, 0) is 12.1 Å². The Morgan fingerprint density at radius 2 is 2.15 bits per heavy atom. The third kappa shape index (κ3) is 3.65. The van der Waals surface area contributed by atoms with Crippen molar-refractivity contribution in [2.45, 2.75) is 18.2 Å². The Morgan fingerprint density at radius 3 is 2.65 bits per heavy atom. The lowest BCUT2D eigenvalue weighted by Gasteiger charge is -2.15. The fourth-order valence-electron chi connectivity index (χ4n) is 1.56. The molecule has 0 aliphatic rings. The number of rotatable bonds is 5. The molecule has 0 spiro atoms. The van der Waals surface area contributed by atoms with Gasteiger partial charge in [0.25, 0.3) is 0 Å². The number of hydrogen-bond donors (Lipinski definition) is 2. The van der Waals surface area contributed by atoms with Gasteiger partial charge in [0.15, 0.2) is 9.84 Å². The molecule has 0 aliphatic carbocycles. The van der Waals surface area contributed by atoms with Gasteiger partial charge in [0.2, 0.25) is 5.91 Å². The lowest BCUT2D eigenvalue weighted by molar-refractivity contribution is -0.115. The first-order chi connectivity index (χ1) is 9.31. The molecule has 6 nitrogen and oxygen atoms in total. The molecule has 3 N–H and O–H groups in total. The first-order valence-corrected chi connectivity index (χ1v) is 7.69. The van der Waals surface area contributed by atoms with Crippen molar-refractivity contribution < 1.29 is 17.9 Å². The van der Waals surface area contributed by atoms with Crippen LogP contribution in [0.5, 0.6) is 5.75 Å². The number of amides is 1. The van der Waals surface area contributed by atoms with E-state index in [9.17, 15) is 13.2 Å². The first kappa shape index (κ1) is 15.9. The molecule has 0 aliphatic heterocycles. The number of nitrogen functional groups attached to an aromatic ring is 1. The monoisotopic (exact) mass is 296 g/mol. The van der Waals surface area contributed by atoms with Crippen LogP contribution in [0.15, 0.2) is 17.0 Å². The van der Waals surface area contributed by atoms with E-state index < -0.39 is 9.84 Å². The van der Waals surface area contributed by atoms with Crippen LogP contribution in [0, 0.1) is 12.3 Å². The Balaban J connectivity index is 3.37. The third-order valence-corrected chi connectivity index (χ3v) is 3.61. The van der Waals surface area contributed by atoms with E-state index in [1.165, 1.54) is 12.1 Å². The van der Waals surface area contributed by atoms with Crippen molar-refractivity contribution in [3.8, 4) is 18.1 Å². The average molecular weight is 296 g/mol. The number of nitrogens with one attached hydrogen (secondary N) is 1. The summed E-state index contributed by atoms with van der Waals surface area (Å²) in [7, 11) is -3.64. The van der Waals surface area contributed by atoms with Gasteiger partial charge in [0.05, 0.1) is 11.4 Å². The Morgan fingerprint density at radius 1 is 1.50 bits per heavy atom. The summed E-state index contributed by atoms with van der Waals surface area (Å²) >= 11 is 0. The third-order valence-electron chi connectivity index (χ3n) is 2.43. The van der Waals surface area contributed by atoms with Crippen molar-refractivity contribution in [3.05, 3.63) is 12.1 Å². The zero-order valence-corrected chi connectivity index (χ0v) is 12.1. The summed E-state index contributed by atoms with van der Waals surface area (Å²) in [5.74, 6) is 2.11. The van der Waals surface area contributed by atoms with Gasteiger partial charge in [0.1, 0.15) is 17.3 Å². The molecule has 1 rings (SSSR count). The summed E-state index contributed by atoms with van der Waals surface area (Å²) in [6.45, 7) is 1.62. The molecule has 1 aromatic carbocycles. The van der Waals surface area contributed by atoms with E-state index in [1.807, 2.05) is 0 Å². The number of carbonyl (C=O) groups excluding carboxylic acids is 1. The maximum absolute atomic E-state index is 11.8. The molecular weight excluding hydrogens is 280 g/mol. The van der Waals surface area contributed by atoms with Crippen molar-refractivity contribution in [2.75, 3.05) is 23.9 Å². The number of ether oxygens (including phenoxy) is 1. The van der Waals surface area contributed by atoms with Crippen LogP contribution in [0.3, 0.4) is 0 Å². The molecule has 1 amide bonds. The number of terminal acetylenes is 1. The summed E-state index contributed by atoms with van der Waals surface area (Å²) < 4.78 is 28.9. The van der Waals surface area contributed by atoms with Gasteiger partial charge in [-0.25, -0.2) is 8.42 Å². The number of benzene rings is 1. The molecule has 0 atom stereocenters. The van der Waals surface area contributed by atoms with Crippen LogP contribution in [0.4, 0.5) is 11.4 Å². The van der Waals surface area contributed by atoms with Crippen LogP contribution in [0.2, 0.25) is 0 Å². The quantitative estimate of drug-likeness (QED) is 0.624. The van der Waals surface area contributed by atoms with E-state index in [0.717, 1.165) is 6.26 Å². The molecule has 0 aromatic heterocycles. The maximum Gasteiger partial charge on any atom is 0.224 e. The summed E-state index contributed by atoms with van der Waals surface area (Å²) in [5, 5.41) is 2.50. The van der Waals surface area contributed by atoms with E-state index >= 15 is 0 Å². The predicted molar refractivity (Wildman–Crippen MR) is 77.2 cm³/mol. The summed E-state index contributed by atoms with van der Waals surface area (Å²) in [4.78, 5) is 11.3. The van der Waals surface area contributed by atoms with Gasteiger partial charge in [0, 0.05) is 12.7 Å². The second-order valence-corrected chi connectivity index (χ2v) is 5.97. The minimum atomic E-state index is -3.64. The van der Waals surface area contributed by atoms with Gasteiger partial charge in [-0.1, -0.05) is 12.8 Å². The molecular formula is C13H16N2O4S. The molecule has 0 bridgehead atoms. The molecule has 0 unspecified atom stereocenters. The second-order valence-electron chi connectivity index (χ2n) is 4.02. The topological polar surface area (TPSA) is 98.5 Å². The maximum atomic E-state index is 11.8. The zero-order chi connectivity index (χ0) is 15.3. The molecule has 0 heterocycles. The highest BCUT2D eigenvalue weighted by molar-refractivity contribution is 7.91. The van der Waals surface area contributed by atoms with E-state index in [-0.39, 0.29) is 41.0 Å². The van der Waals surface area contributed by atoms with Crippen LogP contribution < -0.4 is 15.8 Å². The van der Waals surface area contributed by atoms with Gasteiger partial charge in [-0.15, -0.1) is 6.42 Å². The standard InChI is InChI=1S/C13H16N2O4S/c1-4-8-19-10-7-6-9(15-11(16)5-2)13(12(10)14)20(3,17)18/h1,6-7H,5,8,14H2,2-3H3,(H,15,16). The smallest absolute Gasteiger partial charge is 0.224 e. The lowest BCUT2D eigenvalue weighted by Crippen LogP contribution is -2.15. The van der Waals surface area contributed by atoms with Crippen LogP contribution in [-0.2, 0) is 14.6 Å². The minimum absolute atomic E-state index is 0.0337. The van der Waals surface area contributed by atoms with Crippen molar-refractivity contribution in [1.82, 2.24) is 0 Å². The molecule has 0 radical (unpaired) electrons. The van der Waals surface area contributed by atoms with E-state index in [1.54, 1.807) is 6.92 Å². The van der Waals surface area contributed by atoms with Gasteiger partial charge >= 0.3 is 0 Å². The van der Waals surface area contributed by atoms with Gasteiger partial charge < -0.3 is 15.8 Å². The predicted octanol–water partition coefficient (Wildman–Crippen LogP) is 1.03. The molecule has 20 heavy (non-hydrogen) atoms. The Labute approximate surface area is 118 Å². The number of carbonyl (C=O) groups is 1. The fraction of sp³-hybridized carbons (Fsp3) is 0.308. The lowest BCUT2D eigenvalue weighted by atomic mass is 10.2. The van der Waals surface area contributed by atoms with Crippen molar-refractivity contribution >= 4 is 27.1 Å². The number of sulfone groups is 1. The highest BCUT2D eigenvalue weighted by atomic mass is 32.2. The largest absolute Gasteiger partial charge is 0.479 e. The molecule has 0 saturated heterocycles. The van der Waals surface area contributed by atoms with E-state index in [4.69, 9.17) is 16.9 Å². The summed E-state index contributed by atoms with van der Waals surface area (Å²) in [5.41, 5.74) is 5.86. The second kappa shape index (κ2) is 6.30. The SMILES string of the molecule is C#CCOc1ccc(NC(=O)CC)c(S(C)(=O)=O)c1N. The van der Waals surface area contributed by atoms with Crippen LogP contribution >= 0.6 is 0 Å². The number of nitrogens with two attached hydrogens (primary N) is 1. The van der Waals surface area contributed by atoms with Crippen LogP contribution in [0.25, 0.3) is 0 Å². The molecule has 7 heteroatoms. The zero-order valence-electron chi connectivity index (χ0n) is 11.3. The Kier molecular flexibility index (Phi) is 5.00. The van der Waals surface area contributed by atoms with Crippen molar-refractivity contribution in [2.24, 2.45) is 0 Å². The summed E-state index contributed by atoms with van der Waals surface area (Å²) in [6.07, 6.45) is 6.30. The van der Waals surface area contributed by atoms with Crippen molar-refractivity contribution in [3.63, 3.8) is 0 Å². The molecule has 108 valence electrons. The molecule has 0 saturated carbocycles. The molecule has 0 fully saturated rings. The molecule has 1 aromatic rings. The normalized spacial score (nSPS) is 10.7. The number of anilines is 2.